The van der Waals surface area contributed by atoms with Gasteiger partial charge >= 0.3 is 18.4 Å². The molecule has 1 heterocycles. The quantitative estimate of drug-likeness (QED) is 0.767. The molecule has 0 unspecified atom stereocenters. The average molecular weight is 396 g/mol. The number of hydrogen-bond donors (Lipinski definition) is 2. The Morgan fingerprint density at radius 3 is 2.44 bits per heavy atom. The predicted octanol–water partition coefficient (Wildman–Crippen LogP) is 1.75. The number of nitrogens with one attached hydrogen (secondary N) is 2. The van der Waals surface area contributed by atoms with Crippen LogP contribution in [0.25, 0.3) is 11.4 Å². The van der Waals surface area contributed by atoms with Gasteiger partial charge in [0.25, 0.3) is 5.91 Å². The normalized spacial score (nSPS) is 11.9. The van der Waals surface area contributed by atoms with E-state index < -0.39 is 42.9 Å². The molecule has 8 nitrogen and oxygen atoms in total. The van der Waals surface area contributed by atoms with Crippen molar-refractivity contribution < 1.29 is 35.9 Å². The van der Waals surface area contributed by atoms with Crippen molar-refractivity contribution >= 4 is 11.9 Å². The maximum atomic E-state index is 12.7. The van der Waals surface area contributed by atoms with Gasteiger partial charge in [0.2, 0.25) is 5.82 Å². The van der Waals surface area contributed by atoms with Crippen molar-refractivity contribution in [2.24, 2.45) is 0 Å². The molecule has 0 aliphatic rings. The number of alkyl halides is 6. The molecule has 0 bridgehead atoms. The van der Waals surface area contributed by atoms with Crippen LogP contribution in [0.3, 0.4) is 0 Å². The van der Waals surface area contributed by atoms with Gasteiger partial charge in [-0.3, -0.25) is 10.1 Å². The zero-order valence-corrected chi connectivity index (χ0v) is 13.1. The molecule has 2 rings (SSSR count). The lowest BCUT2D eigenvalue weighted by Crippen LogP contribution is -2.44. The molecule has 0 aliphatic carbocycles. The van der Waals surface area contributed by atoms with Gasteiger partial charge in [0.05, 0.1) is 5.56 Å². The topological polar surface area (TPSA) is 102 Å². The van der Waals surface area contributed by atoms with Crippen LogP contribution < -0.4 is 10.6 Å². The van der Waals surface area contributed by atoms with Gasteiger partial charge < -0.3 is 5.32 Å². The number of rotatable bonds is 4. The van der Waals surface area contributed by atoms with E-state index in [9.17, 15) is 35.9 Å². The van der Waals surface area contributed by atoms with Crippen LogP contribution in [0.1, 0.15) is 5.56 Å². The molecule has 0 fully saturated rings. The van der Waals surface area contributed by atoms with Crippen LogP contribution in [-0.2, 0) is 17.5 Å². The summed E-state index contributed by atoms with van der Waals surface area (Å²) in [6.45, 7) is -2.32. The molecule has 0 radical (unpaired) electrons. The van der Waals surface area contributed by atoms with Crippen LogP contribution in [0.5, 0.6) is 0 Å². The van der Waals surface area contributed by atoms with E-state index >= 15 is 0 Å². The van der Waals surface area contributed by atoms with Crippen LogP contribution in [0.4, 0.5) is 31.1 Å². The highest BCUT2D eigenvalue weighted by Crippen LogP contribution is 2.31. The Morgan fingerprint density at radius 2 is 1.81 bits per heavy atom. The number of benzene rings is 1. The monoisotopic (exact) mass is 396 g/mol. The molecule has 1 aromatic carbocycles. The minimum atomic E-state index is -4.65. The molecular formula is C13H10F6N6O2. The minimum absolute atomic E-state index is 0.0144. The molecule has 2 aromatic rings. The second kappa shape index (κ2) is 7.59. The van der Waals surface area contributed by atoms with Gasteiger partial charge in [-0.05, 0) is 17.3 Å². The number of tetrazole rings is 1. The van der Waals surface area contributed by atoms with Crippen LogP contribution in [-0.4, -0.2) is 44.9 Å². The van der Waals surface area contributed by atoms with E-state index in [-0.39, 0.29) is 11.4 Å². The van der Waals surface area contributed by atoms with Crippen molar-refractivity contribution in [1.82, 2.24) is 30.8 Å². The van der Waals surface area contributed by atoms with Crippen molar-refractivity contribution in [2.75, 3.05) is 6.54 Å². The largest absolute Gasteiger partial charge is 0.416 e. The van der Waals surface area contributed by atoms with Crippen LogP contribution in [0.2, 0.25) is 0 Å². The van der Waals surface area contributed by atoms with Gasteiger partial charge in [-0.15, -0.1) is 10.2 Å². The predicted molar refractivity (Wildman–Crippen MR) is 75.9 cm³/mol. The lowest BCUT2D eigenvalue weighted by molar-refractivity contribution is -0.137. The molecule has 1 aromatic heterocycles. The third-order valence-corrected chi connectivity index (χ3v) is 2.89. The summed E-state index contributed by atoms with van der Waals surface area (Å²) in [6, 6.07) is 2.68. The highest BCUT2D eigenvalue weighted by atomic mass is 19.4. The van der Waals surface area contributed by atoms with Crippen molar-refractivity contribution in [3.63, 3.8) is 0 Å². The van der Waals surface area contributed by atoms with E-state index in [0.29, 0.717) is 4.80 Å². The fraction of sp³-hybridized carbons (Fsp3) is 0.308. The van der Waals surface area contributed by atoms with Crippen molar-refractivity contribution in [2.45, 2.75) is 18.9 Å². The van der Waals surface area contributed by atoms with Gasteiger partial charge in [0.1, 0.15) is 13.1 Å². The number of aromatic nitrogens is 4. The minimum Gasteiger partial charge on any atom is -0.329 e. The summed E-state index contributed by atoms with van der Waals surface area (Å²) in [5, 5.41) is 13.7. The Bertz CT molecular complexity index is 831. The number of hydrogen-bond acceptors (Lipinski definition) is 5. The van der Waals surface area contributed by atoms with E-state index in [1.165, 1.54) is 11.4 Å². The van der Waals surface area contributed by atoms with Crippen molar-refractivity contribution in [1.29, 1.82) is 0 Å². The Hall–Kier alpha value is -3.19. The molecule has 27 heavy (non-hydrogen) atoms. The summed E-state index contributed by atoms with van der Waals surface area (Å²) in [4.78, 5) is 23.3. The Balaban J connectivity index is 1.98. The van der Waals surface area contributed by atoms with Crippen molar-refractivity contribution in [3.8, 4) is 11.4 Å². The van der Waals surface area contributed by atoms with Crippen LogP contribution in [0, 0.1) is 0 Å². The second-order valence-corrected chi connectivity index (χ2v) is 5.07. The first-order valence-electron chi connectivity index (χ1n) is 7.04. The van der Waals surface area contributed by atoms with Gasteiger partial charge in [-0.1, -0.05) is 12.1 Å². The third kappa shape index (κ3) is 6.23. The molecule has 146 valence electrons. The standard InChI is InChI=1S/C13H10F6N6O2/c14-12(15,16)6-20-11(27)21-9(26)5-25-23-10(22-24-25)7-2-1-3-8(4-7)13(17,18)19/h1-4H,5-6H2,(H2,20,21,26,27). The summed E-state index contributed by atoms with van der Waals surface area (Å²) in [6.07, 6.45) is -9.22. The maximum absolute atomic E-state index is 12.7. The molecule has 2 N–H and O–H groups in total. The summed E-state index contributed by atoms with van der Waals surface area (Å²) < 4.78 is 73.9. The highest BCUT2D eigenvalue weighted by Gasteiger charge is 2.31. The number of urea groups is 1. The molecular weight excluding hydrogens is 386 g/mol. The first-order valence-corrected chi connectivity index (χ1v) is 7.04. The molecule has 0 atom stereocenters. The smallest absolute Gasteiger partial charge is 0.329 e. The molecule has 3 amide bonds. The zero-order chi connectivity index (χ0) is 20.2. The summed E-state index contributed by atoms with van der Waals surface area (Å²) in [5.74, 6) is -1.27. The van der Waals surface area contributed by atoms with Gasteiger partial charge in [0.15, 0.2) is 0 Å². The number of nitrogens with zero attached hydrogens (tertiary/aromatic N) is 4. The van der Waals surface area contributed by atoms with E-state index in [4.69, 9.17) is 0 Å². The highest BCUT2D eigenvalue weighted by molar-refractivity contribution is 5.94. The number of amides is 3. The Morgan fingerprint density at radius 1 is 1.11 bits per heavy atom. The fourth-order valence-corrected chi connectivity index (χ4v) is 1.78. The first kappa shape index (κ1) is 20.1. The second-order valence-electron chi connectivity index (χ2n) is 5.07. The summed E-state index contributed by atoms with van der Waals surface area (Å²) in [5.41, 5.74) is -0.949. The lowest BCUT2D eigenvalue weighted by atomic mass is 10.1. The van der Waals surface area contributed by atoms with Crippen LogP contribution in [0.15, 0.2) is 24.3 Å². The number of imide groups is 1. The van der Waals surface area contributed by atoms with E-state index in [1.54, 1.807) is 5.32 Å². The number of carbonyl (C=O) groups is 2. The maximum Gasteiger partial charge on any atom is 0.416 e. The van der Waals surface area contributed by atoms with Gasteiger partial charge in [0, 0.05) is 5.56 Å². The van der Waals surface area contributed by atoms with E-state index in [1.807, 2.05) is 0 Å². The van der Waals surface area contributed by atoms with Crippen molar-refractivity contribution in [3.05, 3.63) is 29.8 Å². The van der Waals surface area contributed by atoms with Gasteiger partial charge in [-0.25, -0.2) is 4.79 Å². The zero-order valence-electron chi connectivity index (χ0n) is 13.1. The lowest BCUT2D eigenvalue weighted by Gasteiger charge is -2.08. The molecule has 0 saturated carbocycles. The fourth-order valence-electron chi connectivity index (χ4n) is 1.78. The van der Waals surface area contributed by atoms with Crippen LogP contribution >= 0.6 is 0 Å². The average Bonchev–Trinajstić information content (AvgIpc) is 3.00. The first-order chi connectivity index (χ1) is 12.4. The third-order valence-electron chi connectivity index (χ3n) is 2.89. The summed E-state index contributed by atoms with van der Waals surface area (Å²) in [7, 11) is 0. The Kier molecular flexibility index (Phi) is 5.66. The van der Waals surface area contributed by atoms with E-state index in [0.717, 1.165) is 18.2 Å². The molecule has 0 aliphatic heterocycles. The van der Waals surface area contributed by atoms with E-state index in [2.05, 4.69) is 15.4 Å². The molecule has 0 spiro atoms. The number of carbonyl (C=O) groups excluding carboxylic acids is 2. The summed E-state index contributed by atoms with van der Waals surface area (Å²) >= 11 is 0. The van der Waals surface area contributed by atoms with Gasteiger partial charge in [-0.2, -0.15) is 31.1 Å². The number of halogens is 6. The Labute approximate surface area is 146 Å². The molecule has 0 saturated heterocycles. The SMILES string of the molecule is O=C(Cn1nnc(-c2cccc(C(F)(F)F)c2)n1)NC(=O)NCC(F)(F)F. The molecule has 14 heteroatoms.